The summed E-state index contributed by atoms with van der Waals surface area (Å²) in [5, 5.41) is 11.1. The number of para-hydroxylation sites is 1. The number of aromatic hydroxyl groups is 1. The fourth-order valence-electron chi connectivity index (χ4n) is 3.37. The number of carbonyl (C=O) groups is 1. The van der Waals surface area contributed by atoms with Crippen molar-refractivity contribution in [2.75, 3.05) is 0 Å². The monoisotopic (exact) mass is 303 g/mol. The lowest BCUT2D eigenvalue weighted by Crippen LogP contribution is -1.94. The number of phenolic OH excluding ortho intramolecular Hbond substituents is 1. The van der Waals surface area contributed by atoms with Crippen molar-refractivity contribution < 1.29 is 9.90 Å². The Kier molecular flexibility index (Phi) is 3.08. The van der Waals surface area contributed by atoms with Gasteiger partial charge in [0.2, 0.25) is 0 Å². The van der Waals surface area contributed by atoms with Crippen molar-refractivity contribution in [1.82, 2.24) is 4.98 Å². The fourth-order valence-corrected chi connectivity index (χ4v) is 3.37. The van der Waals surface area contributed by atoms with Crippen LogP contribution in [0.4, 0.5) is 0 Å². The molecule has 0 unspecified atom stereocenters. The first-order valence-electron chi connectivity index (χ1n) is 7.84. The van der Waals surface area contributed by atoms with Crippen molar-refractivity contribution in [2.24, 2.45) is 0 Å². The van der Waals surface area contributed by atoms with E-state index in [0.29, 0.717) is 12.0 Å². The van der Waals surface area contributed by atoms with Gasteiger partial charge in [-0.2, -0.15) is 0 Å². The third-order valence-electron chi connectivity index (χ3n) is 4.60. The van der Waals surface area contributed by atoms with Crippen LogP contribution in [0.15, 0.2) is 48.2 Å². The number of H-pyrrole nitrogens is 1. The van der Waals surface area contributed by atoms with E-state index in [2.05, 4.69) is 24.0 Å². The van der Waals surface area contributed by atoms with Crippen LogP contribution in [0.25, 0.3) is 17.0 Å². The summed E-state index contributed by atoms with van der Waals surface area (Å²) in [6, 6.07) is 11.4. The van der Waals surface area contributed by atoms with Crippen LogP contribution in [0.5, 0.6) is 5.75 Å². The van der Waals surface area contributed by atoms with Gasteiger partial charge >= 0.3 is 0 Å². The van der Waals surface area contributed by atoms with E-state index < -0.39 is 0 Å². The van der Waals surface area contributed by atoms with Gasteiger partial charge in [0.25, 0.3) is 0 Å². The molecule has 1 aromatic heterocycles. The Hall–Kier alpha value is -2.81. The number of aromatic amines is 1. The number of aryl methyl sites for hydroxylation is 1. The number of phenols is 1. The molecule has 0 aliphatic heterocycles. The highest BCUT2D eigenvalue weighted by molar-refractivity contribution is 6.16. The number of allylic oxidation sites excluding steroid dienone is 1. The van der Waals surface area contributed by atoms with E-state index in [9.17, 15) is 9.90 Å². The van der Waals surface area contributed by atoms with Crippen molar-refractivity contribution >= 4 is 22.8 Å². The Morgan fingerprint density at radius 2 is 2.04 bits per heavy atom. The molecule has 0 saturated carbocycles. The molecule has 1 aliphatic rings. The number of hydrogen-bond donors (Lipinski definition) is 2. The standard InChI is InChI=1S/C20H17NO2/c1-2-12-5-3-6-15-14(11-21-19(12)15)9-13-10-17-16(20(13)23)7-4-8-18(17)22/h3-9,11,21-22H,2,10H2,1H3. The quantitative estimate of drug-likeness (QED) is 0.695. The van der Waals surface area contributed by atoms with E-state index in [1.807, 2.05) is 18.3 Å². The number of ketones is 1. The van der Waals surface area contributed by atoms with Crippen molar-refractivity contribution in [3.8, 4) is 5.75 Å². The molecule has 1 aliphatic carbocycles. The van der Waals surface area contributed by atoms with Crippen molar-refractivity contribution in [3.63, 3.8) is 0 Å². The Bertz CT molecular complexity index is 963. The molecule has 0 atom stereocenters. The van der Waals surface area contributed by atoms with E-state index in [1.165, 1.54) is 5.56 Å². The lowest BCUT2D eigenvalue weighted by Gasteiger charge is -2.00. The van der Waals surface area contributed by atoms with Crippen LogP contribution in [0.1, 0.15) is 34.0 Å². The molecule has 3 nitrogen and oxygen atoms in total. The summed E-state index contributed by atoms with van der Waals surface area (Å²) < 4.78 is 0. The summed E-state index contributed by atoms with van der Waals surface area (Å²) in [4.78, 5) is 15.9. The van der Waals surface area contributed by atoms with E-state index in [1.54, 1.807) is 18.2 Å². The zero-order valence-corrected chi connectivity index (χ0v) is 12.9. The van der Waals surface area contributed by atoms with Gasteiger partial charge < -0.3 is 10.1 Å². The number of fused-ring (bicyclic) bond motifs is 2. The van der Waals surface area contributed by atoms with Gasteiger partial charge in [-0.3, -0.25) is 4.79 Å². The number of carbonyl (C=O) groups excluding carboxylic acids is 1. The number of hydrogen-bond acceptors (Lipinski definition) is 2. The molecule has 0 saturated heterocycles. The minimum Gasteiger partial charge on any atom is -0.508 e. The van der Waals surface area contributed by atoms with Crippen molar-refractivity contribution in [2.45, 2.75) is 19.8 Å². The van der Waals surface area contributed by atoms with Crippen LogP contribution >= 0.6 is 0 Å². The normalized spacial score (nSPS) is 15.5. The smallest absolute Gasteiger partial charge is 0.189 e. The van der Waals surface area contributed by atoms with E-state index >= 15 is 0 Å². The summed E-state index contributed by atoms with van der Waals surface area (Å²) >= 11 is 0. The van der Waals surface area contributed by atoms with E-state index in [4.69, 9.17) is 0 Å². The zero-order valence-electron chi connectivity index (χ0n) is 12.9. The minimum atomic E-state index is 0.0110. The maximum atomic E-state index is 12.5. The van der Waals surface area contributed by atoms with Gasteiger partial charge in [-0.1, -0.05) is 37.3 Å². The molecule has 0 radical (unpaired) electrons. The molecular weight excluding hydrogens is 286 g/mol. The second-order valence-corrected chi connectivity index (χ2v) is 5.92. The highest BCUT2D eigenvalue weighted by atomic mass is 16.3. The van der Waals surface area contributed by atoms with Crippen LogP contribution in [-0.4, -0.2) is 15.9 Å². The molecule has 2 N–H and O–H groups in total. The van der Waals surface area contributed by atoms with Crippen LogP contribution in [0.3, 0.4) is 0 Å². The molecule has 0 bridgehead atoms. The number of benzene rings is 2. The molecule has 23 heavy (non-hydrogen) atoms. The maximum Gasteiger partial charge on any atom is 0.189 e. The Balaban J connectivity index is 1.81. The predicted molar refractivity (Wildman–Crippen MR) is 91.8 cm³/mol. The second-order valence-electron chi connectivity index (χ2n) is 5.92. The molecule has 114 valence electrons. The minimum absolute atomic E-state index is 0.0110. The summed E-state index contributed by atoms with van der Waals surface area (Å²) in [6.07, 6.45) is 5.35. The van der Waals surface area contributed by atoms with Crippen LogP contribution in [0, 0.1) is 0 Å². The SMILES string of the molecule is CCc1cccc2c(C=C3Cc4c(O)cccc4C3=O)c[nH]c12. The zero-order chi connectivity index (χ0) is 16.0. The maximum absolute atomic E-state index is 12.5. The van der Waals surface area contributed by atoms with Gasteiger partial charge in [0.1, 0.15) is 5.75 Å². The molecule has 3 heteroatoms. The number of rotatable bonds is 2. The lowest BCUT2D eigenvalue weighted by molar-refractivity contribution is 0.104. The van der Waals surface area contributed by atoms with Crippen LogP contribution in [-0.2, 0) is 12.8 Å². The summed E-state index contributed by atoms with van der Waals surface area (Å²) in [7, 11) is 0. The van der Waals surface area contributed by atoms with Crippen molar-refractivity contribution in [1.29, 1.82) is 0 Å². The molecule has 0 fully saturated rings. The first-order chi connectivity index (χ1) is 11.2. The average molecular weight is 303 g/mol. The first kappa shape index (κ1) is 13.8. The lowest BCUT2D eigenvalue weighted by atomic mass is 10.0. The van der Waals surface area contributed by atoms with Crippen molar-refractivity contribution in [3.05, 3.63) is 70.4 Å². The highest BCUT2D eigenvalue weighted by Gasteiger charge is 2.27. The largest absolute Gasteiger partial charge is 0.508 e. The average Bonchev–Trinajstić information content (AvgIpc) is 3.11. The van der Waals surface area contributed by atoms with Gasteiger partial charge in [-0.15, -0.1) is 0 Å². The summed E-state index contributed by atoms with van der Waals surface area (Å²) in [6.45, 7) is 2.13. The van der Waals surface area contributed by atoms with E-state index in [0.717, 1.165) is 34.0 Å². The van der Waals surface area contributed by atoms with Gasteiger partial charge in [-0.05, 0) is 24.1 Å². The molecule has 3 aromatic rings. The predicted octanol–water partition coefficient (Wildman–Crippen LogP) is 4.26. The number of nitrogens with one attached hydrogen (secondary N) is 1. The Labute approximate surface area is 134 Å². The number of Topliss-reactive ketones (excluding diaryl/α,β-unsaturated/α-hetero) is 1. The molecule has 0 amide bonds. The highest BCUT2D eigenvalue weighted by Crippen LogP contribution is 2.34. The molecule has 1 heterocycles. The number of aromatic nitrogens is 1. The Morgan fingerprint density at radius 3 is 2.83 bits per heavy atom. The Morgan fingerprint density at radius 1 is 1.22 bits per heavy atom. The van der Waals surface area contributed by atoms with Gasteiger partial charge in [-0.25, -0.2) is 0 Å². The van der Waals surface area contributed by atoms with Crippen LogP contribution < -0.4 is 0 Å². The third-order valence-corrected chi connectivity index (χ3v) is 4.60. The summed E-state index contributed by atoms with van der Waals surface area (Å²) in [5.74, 6) is 0.211. The summed E-state index contributed by atoms with van der Waals surface area (Å²) in [5.41, 5.74) is 5.50. The first-order valence-corrected chi connectivity index (χ1v) is 7.84. The molecule has 2 aromatic carbocycles. The van der Waals surface area contributed by atoms with Crippen LogP contribution in [0.2, 0.25) is 0 Å². The fraction of sp³-hybridized carbons (Fsp3) is 0.150. The van der Waals surface area contributed by atoms with Gasteiger partial charge in [0.15, 0.2) is 5.78 Å². The topological polar surface area (TPSA) is 53.1 Å². The molecule has 4 rings (SSSR count). The van der Waals surface area contributed by atoms with E-state index in [-0.39, 0.29) is 11.5 Å². The molecule has 0 spiro atoms. The third kappa shape index (κ3) is 2.08. The second kappa shape index (κ2) is 5.13. The van der Waals surface area contributed by atoms with Gasteiger partial charge in [0, 0.05) is 45.8 Å². The molecular formula is C20H17NO2. The van der Waals surface area contributed by atoms with Gasteiger partial charge in [0.05, 0.1) is 0 Å².